The Kier molecular flexibility index (Phi) is 12.0. The number of methoxy groups -OCH3 is 2. The number of likely N-dealkylation sites (tertiary alicyclic amines) is 1. The summed E-state index contributed by atoms with van der Waals surface area (Å²) in [6.45, 7) is 10.9. The minimum Gasteiger partial charge on any atom is -0.496 e. The zero-order valence-corrected chi connectivity index (χ0v) is 32.9. The zero-order chi connectivity index (χ0) is 38.6. The Balaban J connectivity index is 0.000000188. The van der Waals surface area contributed by atoms with Crippen LogP contribution < -0.4 is 9.47 Å². The smallest absolute Gasteiger partial charge is 0.410 e. The highest BCUT2D eigenvalue weighted by molar-refractivity contribution is 5.81. The summed E-state index contributed by atoms with van der Waals surface area (Å²) in [4.78, 5) is 29.8. The van der Waals surface area contributed by atoms with Crippen LogP contribution in [-0.4, -0.2) is 65.4 Å². The Labute approximate surface area is 321 Å². The van der Waals surface area contributed by atoms with E-state index in [0.717, 1.165) is 66.0 Å². The van der Waals surface area contributed by atoms with Crippen LogP contribution in [-0.2, 0) is 35.5 Å². The summed E-state index contributed by atoms with van der Waals surface area (Å²) in [7, 11) is 3.43. The molecule has 4 atom stereocenters. The number of hydrogen-bond acceptors (Lipinski definition) is 6. The molecule has 286 valence electrons. The Bertz CT molecular complexity index is 1920. The number of rotatable bonds is 8. The summed E-state index contributed by atoms with van der Waals surface area (Å²) >= 11 is 0. The number of hydrogen-bond donors (Lipinski definition) is 1. The molecule has 1 N–H and O–H groups in total. The van der Waals surface area contributed by atoms with Gasteiger partial charge in [-0.15, -0.1) is 0 Å². The lowest BCUT2D eigenvalue weighted by atomic mass is 9.77. The van der Waals surface area contributed by atoms with E-state index in [2.05, 4.69) is 42.2 Å². The molecule has 0 radical (unpaired) electrons. The maximum absolute atomic E-state index is 13.2. The molecule has 2 amide bonds. The molecule has 1 fully saturated rings. The molecule has 1 unspecified atom stereocenters. The number of ether oxygens (including phenoxy) is 3. The highest BCUT2D eigenvalue weighted by Crippen LogP contribution is 2.46. The van der Waals surface area contributed by atoms with Gasteiger partial charge in [-0.25, -0.2) is 4.79 Å². The molecule has 4 aromatic carbocycles. The number of fused-ring (bicyclic) bond motifs is 4. The van der Waals surface area contributed by atoms with Crippen LogP contribution in [0.4, 0.5) is 4.79 Å². The van der Waals surface area contributed by atoms with E-state index in [1.807, 2.05) is 82.3 Å². The Hall–Kier alpha value is -4.82. The van der Waals surface area contributed by atoms with E-state index in [1.165, 1.54) is 22.3 Å². The molecule has 2 aliphatic carbocycles. The van der Waals surface area contributed by atoms with Crippen molar-refractivity contribution in [3.8, 4) is 11.5 Å². The van der Waals surface area contributed by atoms with Gasteiger partial charge in [-0.2, -0.15) is 0 Å². The lowest BCUT2D eigenvalue weighted by Gasteiger charge is -2.41. The molecule has 0 spiro atoms. The lowest BCUT2D eigenvalue weighted by Crippen LogP contribution is -2.48. The van der Waals surface area contributed by atoms with Crippen LogP contribution in [0.25, 0.3) is 0 Å². The predicted molar refractivity (Wildman–Crippen MR) is 212 cm³/mol. The molecular weight excluding hydrogens is 677 g/mol. The van der Waals surface area contributed by atoms with Gasteiger partial charge in [0.2, 0.25) is 5.91 Å². The highest BCUT2D eigenvalue weighted by atomic mass is 16.6. The van der Waals surface area contributed by atoms with Crippen LogP contribution in [0.2, 0.25) is 0 Å². The second-order valence-electron chi connectivity index (χ2n) is 15.9. The molecule has 1 saturated heterocycles. The summed E-state index contributed by atoms with van der Waals surface area (Å²) < 4.78 is 17.0. The van der Waals surface area contributed by atoms with Crippen LogP contribution in [0.5, 0.6) is 11.5 Å². The number of nitrogens with zero attached hydrogens (tertiary/aromatic N) is 2. The van der Waals surface area contributed by atoms with Crippen molar-refractivity contribution in [3.05, 3.63) is 129 Å². The fraction of sp³-hybridized carbons (Fsp3) is 0.435. The first-order chi connectivity index (χ1) is 25.9. The van der Waals surface area contributed by atoms with Crippen molar-refractivity contribution in [1.29, 1.82) is 0 Å². The third-order valence-electron chi connectivity index (χ3n) is 11.2. The minimum atomic E-state index is -0.590. The number of aryl methyl sites for hydroxylation is 2. The normalized spacial score (nSPS) is 20.1. The first-order valence-electron chi connectivity index (χ1n) is 19.2. The molecule has 4 aromatic rings. The average molecular weight is 733 g/mol. The Morgan fingerprint density at radius 1 is 0.796 bits per heavy atom. The predicted octanol–water partition coefficient (Wildman–Crippen LogP) is 8.67. The maximum atomic E-state index is 13.2. The first-order valence-corrected chi connectivity index (χ1v) is 19.2. The van der Waals surface area contributed by atoms with Gasteiger partial charge in [-0.1, -0.05) is 84.9 Å². The molecule has 0 saturated carbocycles. The van der Waals surface area contributed by atoms with Crippen molar-refractivity contribution < 1.29 is 28.9 Å². The van der Waals surface area contributed by atoms with Crippen molar-refractivity contribution in [3.63, 3.8) is 0 Å². The second-order valence-corrected chi connectivity index (χ2v) is 15.9. The SMILES string of the molecule is COc1c(C)ccc2c1CC[C@H](N(Cc1ccccc1)C(=O)OC(C)(C)C)[C@H]2CO.COc1c(C)ccc2c1CC[C@H]1C2CC(=O)N1Cc1ccccc1. The van der Waals surface area contributed by atoms with Crippen LogP contribution in [0, 0.1) is 13.8 Å². The monoisotopic (exact) mass is 732 g/mol. The topological polar surface area (TPSA) is 88.5 Å². The number of benzene rings is 4. The molecule has 8 nitrogen and oxygen atoms in total. The van der Waals surface area contributed by atoms with Gasteiger partial charge in [0.25, 0.3) is 0 Å². The van der Waals surface area contributed by atoms with Gasteiger partial charge in [0, 0.05) is 43.4 Å². The molecule has 0 bridgehead atoms. The number of carbonyl (C=O) groups is 2. The number of carbonyl (C=O) groups excluding carboxylic acids is 2. The second kappa shape index (κ2) is 16.7. The van der Waals surface area contributed by atoms with Gasteiger partial charge < -0.3 is 29.1 Å². The van der Waals surface area contributed by atoms with Gasteiger partial charge in [0.1, 0.15) is 17.1 Å². The highest BCUT2D eigenvalue weighted by Gasteiger charge is 2.44. The molecule has 7 rings (SSSR count). The third-order valence-corrected chi connectivity index (χ3v) is 11.2. The van der Waals surface area contributed by atoms with Crippen molar-refractivity contribution in [2.75, 3.05) is 20.8 Å². The van der Waals surface area contributed by atoms with Gasteiger partial charge in [-0.05, 0) is 105 Å². The Morgan fingerprint density at radius 3 is 1.93 bits per heavy atom. The first kappa shape index (κ1) is 38.9. The van der Waals surface area contributed by atoms with Crippen LogP contribution in [0.15, 0.2) is 84.9 Å². The van der Waals surface area contributed by atoms with Crippen LogP contribution in [0.1, 0.15) is 96.4 Å². The van der Waals surface area contributed by atoms with Crippen molar-refractivity contribution in [1.82, 2.24) is 9.80 Å². The van der Waals surface area contributed by atoms with E-state index in [-0.39, 0.29) is 30.6 Å². The van der Waals surface area contributed by atoms with E-state index in [0.29, 0.717) is 24.9 Å². The maximum Gasteiger partial charge on any atom is 0.410 e. The zero-order valence-electron chi connectivity index (χ0n) is 32.9. The number of aliphatic hydroxyl groups excluding tert-OH is 1. The summed E-state index contributed by atoms with van der Waals surface area (Å²) in [5.41, 5.74) is 8.74. The van der Waals surface area contributed by atoms with E-state index < -0.39 is 5.60 Å². The minimum absolute atomic E-state index is 0.0437. The Morgan fingerprint density at radius 2 is 1.35 bits per heavy atom. The molecule has 3 aliphatic rings. The number of aliphatic hydroxyl groups is 1. The molecular formula is C46H56N2O6. The largest absolute Gasteiger partial charge is 0.496 e. The van der Waals surface area contributed by atoms with Gasteiger partial charge in [0.15, 0.2) is 0 Å². The quantitative estimate of drug-likeness (QED) is 0.195. The van der Waals surface area contributed by atoms with Gasteiger partial charge >= 0.3 is 6.09 Å². The molecule has 1 heterocycles. The van der Waals surface area contributed by atoms with Crippen LogP contribution >= 0.6 is 0 Å². The average Bonchev–Trinajstić information content (AvgIpc) is 3.48. The standard InChI is InChI=1S/C25H33NO4.C21H23NO2/c1-17-11-12-19-20(23(17)29-5)13-14-22(21(19)16-27)26(24(28)30-25(2,3)4)15-18-9-7-6-8-10-18;1-14-8-9-16-17(21(14)24-2)10-11-19-18(16)12-20(23)22(19)13-15-6-4-3-5-7-15/h6-12,21-22,27H,13-16H2,1-5H3;3-9,18-19H,10-13H2,1-2H3/t21-,22-;18?,19-/m00/s1. The van der Waals surface area contributed by atoms with Crippen molar-refractivity contribution >= 4 is 12.0 Å². The van der Waals surface area contributed by atoms with Crippen molar-refractivity contribution in [2.24, 2.45) is 0 Å². The third kappa shape index (κ3) is 8.29. The molecule has 1 aliphatic heterocycles. The summed E-state index contributed by atoms with van der Waals surface area (Å²) in [6, 6.07) is 28.8. The fourth-order valence-corrected chi connectivity index (χ4v) is 8.81. The van der Waals surface area contributed by atoms with E-state index in [1.54, 1.807) is 19.1 Å². The van der Waals surface area contributed by atoms with Crippen LogP contribution in [0.3, 0.4) is 0 Å². The van der Waals surface area contributed by atoms with E-state index in [9.17, 15) is 14.7 Å². The van der Waals surface area contributed by atoms with E-state index >= 15 is 0 Å². The van der Waals surface area contributed by atoms with Crippen molar-refractivity contribution in [2.45, 2.75) is 109 Å². The molecule has 0 aromatic heterocycles. The summed E-state index contributed by atoms with van der Waals surface area (Å²) in [5.74, 6) is 2.29. The van der Waals surface area contributed by atoms with Gasteiger partial charge in [0.05, 0.1) is 20.8 Å². The lowest BCUT2D eigenvalue weighted by molar-refractivity contribution is -0.129. The number of amides is 2. The van der Waals surface area contributed by atoms with E-state index in [4.69, 9.17) is 14.2 Å². The molecule has 8 heteroatoms. The molecule has 54 heavy (non-hydrogen) atoms. The summed E-state index contributed by atoms with van der Waals surface area (Å²) in [6.07, 6.45) is 3.81. The van der Waals surface area contributed by atoms with Gasteiger partial charge in [-0.3, -0.25) is 4.79 Å². The fourth-order valence-electron chi connectivity index (χ4n) is 8.81. The summed E-state index contributed by atoms with van der Waals surface area (Å²) in [5, 5.41) is 10.4.